The van der Waals surface area contributed by atoms with Crippen LogP contribution < -0.4 is 57.1 Å². The molecule has 0 aliphatic rings. The number of aryl methyl sites for hydroxylation is 1. The summed E-state index contributed by atoms with van der Waals surface area (Å²) >= 11 is 0. The van der Waals surface area contributed by atoms with Crippen molar-refractivity contribution >= 4 is 0 Å². The van der Waals surface area contributed by atoms with E-state index in [1.54, 1.807) is 0 Å². The fourth-order valence-corrected chi connectivity index (χ4v) is 1.32. The van der Waals surface area contributed by atoms with Gasteiger partial charge in [0.05, 0.1) is 0 Å². The van der Waals surface area contributed by atoms with Gasteiger partial charge in [-0.05, 0) is 13.0 Å². The maximum atomic E-state index is 5.45. The van der Waals surface area contributed by atoms with Crippen molar-refractivity contribution in [1.29, 1.82) is 0 Å². The summed E-state index contributed by atoms with van der Waals surface area (Å²) < 4.78 is 2.23. The predicted molar refractivity (Wildman–Crippen MR) is 51.0 cm³/mol. The fourth-order valence-electron chi connectivity index (χ4n) is 1.32. The van der Waals surface area contributed by atoms with E-state index in [4.69, 9.17) is 5.73 Å². The van der Waals surface area contributed by atoms with Crippen molar-refractivity contribution in [1.82, 2.24) is 4.57 Å². The van der Waals surface area contributed by atoms with Crippen LogP contribution in [0.1, 0.15) is 31.9 Å². The van der Waals surface area contributed by atoms with Gasteiger partial charge >= 0.3 is 51.4 Å². The molecule has 2 N–H and O–H groups in total. The van der Waals surface area contributed by atoms with E-state index < -0.39 is 0 Å². The molecule has 1 rings (SSSR count). The van der Waals surface area contributed by atoms with Crippen LogP contribution in [0.3, 0.4) is 0 Å². The van der Waals surface area contributed by atoms with Gasteiger partial charge in [-0.15, -0.1) is 11.9 Å². The number of aromatic nitrogens is 1. The number of hydrogen-bond donors (Lipinski definition) is 1. The zero-order valence-corrected chi connectivity index (χ0v) is 12.0. The number of hydrogen-bond acceptors (Lipinski definition) is 1. The summed E-state index contributed by atoms with van der Waals surface area (Å²) in [5, 5.41) is 0. The van der Waals surface area contributed by atoms with Crippen LogP contribution in [0.2, 0.25) is 0 Å². The Bertz CT molecular complexity index is 231. The minimum atomic E-state index is 0. The van der Waals surface area contributed by atoms with Crippen molar-refractivity contribution in [3.63, 3.8) is 0 Å². The molecule has 0 spiro atoms. The molecule has 0 saturated carbocycles. The Kier molecular flexibility index (Phi) is 7.69. The molecule has 13 heavy (non-hydrogen) atoms. The summed E-state index contributed by atoms with van der Waals surface area (Å²) in [6.45, 7) is 6.17. The monoisotopic (exact) mass is 204 g/mol. The number of nitrogens with two attached hydrogens (primary N) is 1. The Morgan fingerprint density at radius 1 is 1.54 bits per heavy atom. The van der Waals surface area contributed by atoms with Crippen LogP contribution in [0.4, 0.5) is 0 Å². The van der Waals surface area contributed by atoms with Crippen LogP contribution in [0, 0.1) is 6.07 Å². The van der Waals surface area contributed by atoms with E-state index in [1.165, 1.54) is 5.69 Å². The molecule has 0 unspecified atom stereocenters. The molecule has 0 amide bonds. The average molecular weight is 204 g/mol. The van der Waals surface area contributed by atoms with Crippen LogP contribution >= 0.6 is 0 Å². The second-order valence-electron chi connectivity index (χ2n) is 3.36. The van der Waals surface area contributed by atoms with Gasteiger partial charge in [-0.2, -0.15) is 0 Å². The van der Waals surface area contributed by atoms with Crippen LogP contribution in [0.5, 0.6) is 0 Å². The third kappa shape index (κ3) is 4.27. The van der Waals surface area contributed by atoms with E-state index >= 15 is 0 Å². The minimum absolute atomic E-state index is 0. The van der Waals surface area contributed by atoms with Gasteiger partial charge < -0.3 is 10.3 Å². The van der Waals surface area contributed by atoms with Gasteiger partial charge in [0.15, 0.2) is 0 Å². The predicted octanol–water partition coefficient (Wildman–Crippen LogP) is -1.24. The first-order valence-electron chi connectivity index (χ1n) is 4.52. The maximum absolute atomic E-state index is 5.45. The van der Waals surface area contributed by atoms with E-state index in [1.807, 2.05) is 6.20 Å². The van der Waals surface area contributed by atoms with Gasteiger partial charge in [-0.25, -0.2) is 12.1 Å². The summed E-state index contributed by atoms with van der Waals surface area (Å²) in [4.78, 5) is 0. The van der Waals surface area contributed by atoms with E-state index in [0.717, 1.165) is 19.5 Å². The molecule has 0 aliphatic carbocycles. The summed E-state index contributed by atoms with van der Waals surface area (Å²) in [5.41, 5.74) is 6.80. The van der Waals surface area contributed by atoms with E-state index in [2.05, 4.69) is 30.5 Å². The van der Waals surface area contributed by atoms with Crippen LogP contribution in [-0.4, -0.2) is 11.1 Å². The molecule has 0 fully saturated rings. The molecular formula is C10H17KN2. The van der Waals surface area contributed by atoms with E-state index in [9.17, 15) is 0 Å². The first-order chi connectivity index (χ1) is 5.75. The largest absolute Gasteiger partial charge is 1.00 e. The third-order valence-electron chi connectivity index (χ3n) is 1.99. The second kappa shape index (κ2) is 7.21. The standard InChI is InChI=1S/C10H17N2.K/c1-9(2)10-5-3-7-12(10)8-4-6-11;/h5,7,9H,4,6,8,11H2,1-2H3;/q-1;+1. The smallest absolute Gasteiger partial charge is 0.445 e. The van der Waals surface area contributed by atoms with Gasteiger partial charge in [0.25, 0.3) is 0 Å². The zero-order valence-electron chi connectivity index (χ0n) is 8.88. The SMILES string of the molecule is CC(C)c1c[c-]cn1CCCN.[K+]. The third-order valence-corrected chi connectivity index (χ3v) is 1.99. The topological polar surface area (TPSA) is 30.9 Å². The maximum Gasteiger partial charge on any atom is 1.00 e. The Balaban J connectivity index is 0.00000144. The molecule has 1 heterocycles. The summed E-state index contributed by atoms with van der Waals surface area (Å²) in [7, 11) is 0. The van der Waals surface area contributed by atoms with Crippen molar-refractivity contribution in [2.45, 2.75) is 32.7 Å². The molecule has 68 valence electrons. The number of nitrogens with zero attached hydrogens (tertiary/aromatic N) is 1. The fraction of sp³-hybridized carbons (Fsp3) is 0.600. The Labute approximate surface area is 123 Å². The van der Waals surface area contributed by atoms with Crippen molar-refractivity contribution < 1.29 is 51.4 Å². The molecule has 2 nitrogen and oxygen atoms in total. The normalized spacial score (nSPS) is 10.2. The van der Waals surface area contributed by atoms with Crippen LogP contribution in [-0.2, 0) is 6.54 Å². The summed E-state index contributed by atoms with van der Waals surface area (Å²) in [5.74, 6) is 0.578. The van der Waals surface area contributed by atoms with Gasteiger partial charge in [0.2, 0.25) is 0 Å². The van der Waals surface area contributed by atoms with Gasteiger partial charge in [-0.3, -0.25) is 0 Å². The Morgan fingerprint density at radius 2 is 2.23 bits per heavy atom. The average Bonchev–Trinajstić information content (AvgIpc) is 2.48. The van der Waals surface area contributed by atoms with E-state index in [0.29, 0.717) is 5.92 Å². The van der Waals surface area contributed by atoms with Crippen molar-refractivity contribution in [3.8, 4) is 0 Å². The van der Waals surface area contributed by atoms with Crippen molar-refractivity contribution in [2.24, 2.45) is 5.73 Å². The van der Waals surface area contributed by atoms with Crippen molar-refractivity contribution in [3.05, 3.63) is 24.0 Å². The number of rotatable bonds is 4. The molecule has 0 aromatic carbocycles. The summed E-state index contributed by atoms with van der Waals surface area (Å²) in [6, 6.07) is 5.17. The first kappa shape index (κ1) is 13.9. The Hall–Kier alpha value is 0.876. The van der Waals surface area contributed by atoms with Crippen LogP contribution in [0.15, 0.2) is 12.3 Å². The molecule has 3 heteroatoms. The molecular weight excluding hydrogens is 187 g/mol. The van der Waals surface area contributed by atoms with Gasteiger partial charge in [0, 0.05) is 6.54 Å². The van der Waals surface area contributed by atoms with Gasteiger partial charge in [0.1, 0.15) is 0 Å². The molecule has 1 aromatic rings. The summed E-state index contributed by atoms with van der Waals surface area (Å²) in [6.07, 6.45) is 3.05. The molecule has 0 aliphatic heterocycles. The zero-order chi connectivity index (χ0) is 8.97. The van der Waals surface area contributed by atoms with Crippen LogP contribution in [0.25, 0.3) is 0 Å². The quantitative estimate of drug-likeness (QED) is 0.483. The van der Waals surface area contributed by atoms with Gasteiger partial charge in [-0.1, -0.05) is 19.8 Å². The second-order valence-corrected chi connectivity index (χ2v) is 3.36. The molecule has 0 bridgehead atoms. The van der Waals surface area contributed by atoms with E-state index in [-0.39, 0.29) is 51.4 Å². The van der Waals surface area contributed by atoms with Crippen molar-refractivity contribution in [2.75, 3.05) is 6.54 Å². The first-order valence-corrected chi connectivity index (χ1v) is 4.52. The molecule has 0 radical (unpaired) electrons. The molecule has 1 aromatic heterocycles. The Morgan fingerprint density at radius 3 is 2.77 bits per heavy atom. The molecule has 0 saturated heterocycles. The molecule has 0 atom stereocenters. The minimum Gasteiger partial charge on any atom is -0.445 e.